The number of hydrogen-bond acceptors (Lipinski definition) is 6. The van der Waals surface area contributed by atoms with Crippen LogP contribution >= 0.6 is 15.9 Å². The Kier molecular flexibility index (Phi) is 6.28. The SMILES string of the molecule is COc1ccc2cc(Br)ccc2c1C[N+]1(OC(=O)C(F)(F)F)C(=O)[C@@H](N)CNc2ccccc21. The van der Waals surface area contributed by atoms with Crippen LogP contribution < -0.4 is 20.4 Å². The second-order valence-corrected chi connectivity index (χ2v) is 8.64. The molecule has 4 rings (SSSR count). The zero-order chi connectivity index (χ0) is 24.7. The molecule has 1 amide bonds. The number of ether oxygens (including phenoxy) is 1. The second kappa shape index (κ2) is 8.90. The molecule has 1 aliphatic heterocycles. The first-order valence-corrected chi connectivity index (χ1v) is 10.9. The molecular weight excluding hydrogens is 519 g/mol. The lowest BCUT2D eigenvalue weighted by Gasteiger charge is -2.33. The molecule has 0 fully saturated rings. The third-order valence-electron chi connectivity index (χ3n) is 5.60. The molecule has 0 spiro atoms. The van der Waals surface area contributed by atoms with Crippen LogP contribution in [0, 0.1) is 0 Å². The van der Waals surface area contributed by atoms with Crippen molar-refractivity contribution in [3.05, 3.63) is 64.6 Å². The van der Waals surface area contributed by atoms with E-state index in [0.29, 0.717) is 22.4 Å². The number of alkyl halides is 3. The molecule has 1 aliphatic rings. The van der Waals surface area contributed by atoms with Gasteiger partial charge in [-0.25, -0.2) is 9.59 Å². The average molecular weight is 539 g/mol. The third kappa shape index (κ3) is 4.22. The van der Waals surface area contributed by atoms with E-state index in [-0.39, 0.29) is 12.2 Å². The molecular formula is C23H20BrF3N3O4+. The van der Waals surface area contributed by atoms with E-state index in [1.54, 1.807) is 36.4 Å². The van der Waals surface area contributed by atoms with Crippen molar-refractivity contribution < 1.29 is 32.3 Å². The highest BCUT2D eigenvalue weighted by molar-refractivity contribution is 9.10. The number of halogens is 4. The largest absolute Gasteiger partial charge is 0.497 e. The van der Waals surface area contributed by atoms with Crippen LogP contribution in [0.2, 0.25) is 0 Å². The number of rotatable bonds is 4. The maximum absolute atomic E-state index is 13.6. The molecule has 3 aromatic rings. The fourth-order valence-corrected chi connectivity index (χ4v) is 4.42. The second-order valence-electron chi connectivity index (χ2n) is 7.73. The van der Waals surface area contributed by atoms with E-state index in [1.807, 2.05) is 6.07 Å². The van der Waals surface area contributed by atoms with Gasteiger partial charge in [0.05, 0.1) is 12.7 Å². The number of quaternary nitrogens is 1. The lowest BCUT2D eigenvalue weighted by atomic mass is 10.0. The van der Waals surface area contributed by atoms with Gasteiger partial charge in [0.25, 0.3) is 0 Å². The Labute approximate surface area is 200 Å². The number of nitrogens with one attached hydrogen (secondary N) is 1. The minimum absolute atomic E-state index is 0.0224. The number of nitrogens with zero attached hydrogens (tertiary/aromatic N) is 1. The number of fused-ring (bicyclic) bond motifs is 2. The number of nitrogens with two attached hydrogens (primary N) is 1. The first-order chi connectivity index (χ1) is 16.1. The molecule has 0 bridgehead atoms. The summed E-state index contributed by atoms with van der Waals surface area (Å²) in [5.41, 5.74) is 6.75. The van der Waals surface area contributed by atoms with E-state index in [4.69, 9.17) is 15.3 Å². The summed E-state index contributed by atoms with van der Waals surface area (Å²) in [5, 5.41) is 4.31. The number of hydrogen-bond donors (Lipinski definition) is 2. The summed E-state index contributed by atoms with van der Waals surface area (Å²) in [6.07, 6.45) is -5.34. The van der Waals surface area contributed by atoms with Gasteiger partial charge in [-0.05, 0) is 39.7 Å². The van der Waals surface area contributed by atoms with Crippen LogP contribution in [0.5, 0.6) is 5.75 Å². The van der Waals surface area contributed by atoms with Crippen molar-refractivity contribution in [2.24, 2.45) is 5.73 Å². The maximum Gasteiger partial charge on any atom is 0.497 e. The third-order valence-corrected chi connectivity index (χ3v) is 6.09. The van der Waals surface area contributed by atoms with E-state index < -0.39 is 35.3 Å². The summed E-state index contributed by atoms with van der Waals surface area (Å²) in [6, 6.07) is 13.6. The number of anilines is 1. The number of carbonyl (C=O) groups excluding carboxylic acids is 2. The maximum atomic E-state index is 13.6. The summed E-state index contributed by atoms with van der Waals surface area (Å²) in [4.78, 5) is 30.8. The monoisotopic (exact) mass is 538 g/mol. The van der Waals surface area contributed by atoms with Gasteiger partial charge in [-0.3, -0.25) is 4.84 Å². The minimum Gasteiger partial charge on any atom is -0.496 e. The standard InChI is InChI=1S/C23H20BrF3N3O4/c1-33-20-9-6-13-10-14(24)7-8-15(13)16(20)12-30(34-22(32)23(25,26)27)19-5-3-2-4-18(19)29-11-17(28)21(30)31/h2-10,17,29H,11-12,28H2,1H3/q+1/t17-,30?/m0/s1. The fraction of sp³-hybridized carbons (Fsp3) is 0.217. The quantitative estimate of drug-likeness (QED) is 0.478. The zero-order valence-corrected chi connectivity index (χ0v) is 19.4. The Morgan fingerprint density at radius 1 is 1.21 bits per heavy atom. The molecule has 0 aliphatic carbocycles. The summed E-state index contributed by atoms with van der Waals surface area (Å²) in [6.45, 7) is -0.534. The summed E-state index contributed by atoms with van der Waals surface area (Å²) in [7, 11) is 1.40. The Morgan fingerprint density at radius 2 is 1.94 bits per heavy atom. The Morgan fingerprint density at radius 3 is 2.65 bits per heavy atom. The van der Waals surface area contributed by atoms with Crippen molar-refractivity contribution in [1.82, 2.24) is 4.65 Å². The van der Waals surface area contributed by atoms with Crippen molar-refractivity contribution >= 4 is 50.0 Å². The van der Waals surface area contributed by atoms with Crippen molar-refractivity contribution in [3.8, 4) is 5.75 Å². The molecule has 3 N–H and O–H groups in total. The van der Waals surface area contributed by atoms with Crippen LogP contribution in [-0.2, 0) is 21.0 Å². The zero-order valence-electron chi connectivity index (χ0n) is 17.9. The first kappa shape index (κ1) is 24.0. The summed E-state index contributed by atoms with van der Waals surface area (Å²) in [5.74, 6) is -3.11. The fourth-order valence-electron chi connectivity index (χ4n) is 4.04. The van der Waals surface area contributed by atoms with Crippen LogP contribution in [0.25, 0.3) is 10.8 Å². The van der Waals surface area contributed by atoms with Crippen molar-refractivity contribution in [1.29, 1.82) is 0 Å². The Hall–Kier alpha value is -3.15. The minimum atomic E-state index is -5.34. The van der Waals surface area contributed by atoms with Gasteiger partial charge in [-0.15, -0.1) is 0 Å². The van der Waals surface area contributed by atoms with Gasteiger partial charge in [0.15, 0.2) is 6.54 Å². The predicted octanol–water partition coefficient (Wildman–Crippen LogP) is 4.42. The van der Waals surface area contributed by atoms with E-state index in [0.717, 1.165) is 9.86 Å². The van der Waals surface area contributed by atoms with E-state index in [1.165, 1.54) is 19.2 Å². The van der Waals surface area contributed by atoms with Crippen LogP contribution in [0.3, 0.4) is 0 Å². The van der Waals surface area contributed by atoms with Crippen molar-refractivity contribution in [3.63, 3.8) is 0 Å². The molecule has 1 heterocycles. The topological polar surface area (TPSA) is 90.7 Å². The molecule has 0 radical (unpaired) electrons. The van der Waals surface area contributed by atoms with Gasteiger partial charge in [0, 0.05) is 17.1 Å². The molecule has 0 saturated heterocycles. The Bertz CT molecular complexity index is 1280. The van der Waals surface area contributed by atoms with Crippen molar-refractivity contribution in [2.45, 2.75) is 18.8 Å². The molecule has 7 nitrogen and oxygen atoms in total. The normalized spacial score (nSPS) is 20.3. The molecule has 2 atom stereocenters. The highest BCUT2D eigenvalue weighted by Crippen LogP contribution is 2.41. The lowest BCUT2D eigenvalue weighted by molar-refractivity contribution is -0.235. The molecule has 11 heteroatoms. The molecule has 178 valence electrons. The smallest absolute Gasteiger partial charge is 0.496 e. The average Bonchev–Trinajstić information content (AvgIpc) is 2.89. The predicted molar refractivity (Wildman–Crippen MR) is 124 cm³/mol. The van der Waals surface area contributed by atoms with E-state index in [9.17, 15) is 22.8 Å². The molecule has 0 aromatic heterocycles. The van der Waals surface area contributed by atoms with Gasteiger partial charge < -0.3 is 15.8 Å². The summed E-state index contributed by atoms with van der Waals surface area (Å²) >= 11 is 3.40. The number of methoxy groups -OCH3 is 1. The van der Waals surface area contributed by atoms with Gasteiger partial charge in [0.1, 0.15) is 17.5 Å². The van der Waals surface area contributed by atoms with Gasteiger partial charge >= 0.3 is 18.1 Å². The summed E-state index contributed by atoms with van der Waals surface area (Å²) < 4.78 is 45.0. The number of hydroxylamine groups is 2. The number of amides is 1. The molecule has 3 aromatic carbocycles. The van der Waals surface area contributed by atoms with Crippen molar-refractivity contribution in [2.75, 3.05) is 19.0 Å². The Balaban J connectivity index is 2.01. The van der Waals surface area contributed by atoms with Crippen LogP contribution in [0.4, 0.5) is 24.5 Å². The van der Waals surface area contributed by atoms with Gasteiger partial charge in [-0.1, -0.05) is 40.2 Å². The number of benzene rings is 3. The van der Waals surface area contributed by atoms with E-state index in [2.05, 4.69) is 21.2 Å². The molecule has 1 unspecified atom stereocenters. The van der Waals surface area contributed by atoms with Crippen LogP contribution in [0.1, 0.15) is 5.56 Å². The number of carbonyl (C=O) groups is 2. The molecule has 34 heavy (non-hydrogen) atoms. The lowest BCUT2D eigenvalue weighted by Crippen LogP contribution is -2.61. The molecule has 0 saturated carbocycles. The van der Waals surface area contributed by atoms with Gasteiger partial charge in [0.2, 0.25) is 5.69 Å². The highest BCUT2D eigenvalue weighted by Gasteiger charge is 2.56. The first-order valence-electron chi connectivity index (χ1n) is 10.1. The van der Waals surface area contributed by atoms with Crippen LogP contribution in [-0.4, -0.2) is 37.7 Å². The number of para-hydroxylation sites is 2. The van der Waals surface area contributed by atoms with Gasteiger partial charge in [-0.2, -0.15) is 13.2 Å². The highest BCUT2D eigenvalue weighted by atomic mass is 79.9. The van der Waals surface area contributed by atoms with E-state index >= 15 is 0 Å². The van der Waals surface area contributed by atoms with Crippen LogP contribution in [0.15, 0.2) is 59.1 Å².